The van der Waals surface area contributed by atoms with E-state index >= 15 is 0 Å². The van der Waals surface area contributed by atoms with Crippen LogP contribution in [0.3, 0.4) is 0 Å². The van der Waals surface area contributed by atoms with Gasteiger partial charge in [-0.3, -0.25) is 4.79 Å². The molecule has 1 amide bonds. The highest BCUT2D eigenvalue weighted by molar-refractivity contribution is 5.81. The Balaban J connectivity index is 1.69. The summed E-state index contributed by atoms with van der Waals surface area (Å²) in [5.41, 5.74) is 1.17. The predicted molar refractivity (Wildman–Crippen MR) is 78.4 cm³/mol. The van der Waals surface area contributed by atoms with Crippen molar-refractivity contribution in [2.75, 3.05) is 31.6 Å². The first kappa shape index (κ1) is 13.9. The van der Waals surface area contributed by atoms with Gasteiger partial charge >= 0.3 is 0 Å². The van der Waals surface area contributed by atoms with E-state index in [1.54, 1.807) is 0 Å². The van der Waals surface area contributed by atoms with Gasteiger partial charge in [0.25, 0.3) is 0 Å². The smallest absolute Gasteiger partial charge is 0.237 e. The second-order valence-electron chi connectivity index (χ2n) is 5.05. The van der Waals surface area contributed by atoms with Gasteiger partial charge in [-0.25, -0.2) is 0 Å². The average molecular weight is 261 g/mol. The van der Waals surface area contributed by atoms with E-state index in [0.29, 0.717) is 6.54 Å². The highest BCUT2D eigenvalue weighted by atomic mass is 16.2. The number of rotatable bonds is 5. The van der Waals surface area contributed by atoms with Crippen molar-refractivity contribution in [3.8, 4) is 0 Å². The van der Waals surface area contributed by atoms with Crippen molar-refractivity contribution >= 4 is 11.6 Å². The molecule has 1 fully saturated rings. The van der Waals surface area contributed by atoms with Crippen LogP contribution in [0.1, 0.15) is 19.3 Å². The van der Waals surface area contributed by atoms with Gasteiger partial charge in [0, 0.05) is 25.8 Å². The summed E-state index contributed by atoms with van der Waals surface area (Å²) in [6.07, 6.45) is 3.29. The van der Waals surface area contributed by atoms with Gasteiger partial charge in [0.2, 0.25) is 5.91 Å². The fourth-order valence-electron chi connectivity index (χ4n) is 2.36. The molecule has 1 saturated heterocycles. The third-order valence-corrected chi connectivity index (χ3v) is 3.57. The van der Waals surface area contributed by atoms with E-state index in [-0.39, 0.29) is 11.9 Å². The Hall–Kier alpha value is -1.55. The monoisotopic (exact) mass is 261 g/mol. The van der Waals surface area contributed by atoms with Crippen molar-refractivity contribution in [1.29, 1.82) is 0 Å². The van der Waals surface area contributed by atoms with Crippen LogP contribution < -0.4 is 15.5 Å². The molecular weight excluding hydrogens is 238 g/mol. The van der Waals surface area contributed by atoms with Crippen LogP contribution in [0.5, 0.6) is 0 Å². The van der Waals surface area contributed by atoms with Gasteiger partial charge in [0.1, 0.15) is 0 Å². The Morgan fingerprint density at radius 3 is 2.84 bits per heavy atom. The van der Waals surface area contributed by atoms with Crippen LogP contribution >= 0.6 is 0 Å². The van der Waals surface area contributed by atoms with Crippen molar-refractivity contribution in [2.24, 2.45) is 0 Å². The second-order valence-corrected chi connectivity index (χ2v) is 5.05. The number of nitrogens with zero attached hydrogens (tertiary/aromatic N) is 1. The Morgan fingerprint density at radius 1 is 1.37 bits per heavy atom. The predicted octanol–water partition coefficient (Wildman–Crippen LogP) is 1.38. The minimum atomic E-state index is 0.00998. The molecule has 2 N–H and O–H groups in total. The van der Waals surface area contributed by atoms with E-state index < -0.39 is 0 Å². The lowest BCUT2D eigenvalue weighted by Gasteiger charge is -2.24. The molecule has 0 aromatic heterocycles. The molecule has 4 heteroatoms. The lowest BCUT2D eigenvalue weighted by Crippen LogP contribution is -2.48. The van der Waals surface area contributed by atoms with Gasteiger partial charge in [-0.2, -0.15) is 0 Å². The summed E-state index contributed by atoms with van der Waals surface area (Å²) in [6.45, 7) is 2.47. The zero-order chi connectivity index (χ0) is 13.5. The number of likely N-dealkylation sites (N-methyl/N-ethyl adjacent to an activating group) is 1. The maximum atomic E-state index is 11.9. The van der Waals surface area contributed by atoms with Crippen LogP contribution in [-0.2, 0) is 4.79 Å². The maximum Gasteiger partial charge on any atom is 0.237 e. The van der Waals surface area contributed by atoms with Crippen LogP contribution in [-0.4, -0.2) is 38.6 Å². The Kier molecular flexibility index (Phi) is 5.21. The van der Waals surface area contributed by atoms with E-state index in [1.165, 1.54) is 12.1 Å². The molecule has 1 aromatic rings. The molecule has 1 atom stereocenters. The quantitative estimate of drug-likeness (QED) is 0.841. The zero-order valence-electron chi connectivity index (χ0n) is 11.6. The van der Waals surface area contributed by atoms with Gasteiger partial charge in [-0.1, -0.05) is 24.6 Å². The number of anilines is 1. The van der Waals surface area contributed by atoms with Gasteiger partial charge in [0.15, 0.2) is 0 Å². The van der Waals surface area contributed by atoms with E-state index in [4.69, 9.17) is 0 Å². The number of nitrogens with one attached hydrogen (secondary N) is 2. The molecule has 1 aromatic carbocycles. The number of benzene rings is 1. The number of amides is 1. The molecular formula is C15H23N3O. The number of carbonyl (C=O) groups excluding carboxylic acids is 1. The molecule has 0 saturated carbocycles. The highest BCUT2D eigenvalue weighted by Crippen LogP contribution is 2.10. The summed E-state index contributed by atoms with van der Waals surface area (Å²) in [5, 5.41) is 6.27. The molecule has 0 radical (unpaired) electrons. The first-order valence-electron chi connectivity index (χ1n) is 7.04. The average Bonchev–Trinajstić information content (AvgIpc) is 2.49. The summed E-state index contributed by atoms with van der Waals surface area (Å²) >= 11 is 0. The lowest BCUT2D eigenvalue weighted by molar-refractivity contribution is -0.123. The lowest BCUT2D eigenvalue weighted by atomic mass is 10.0. The number of hydrogen-bond acceptors (Lipinski definition) is 3. The molecule has 0 unspecified atom stereocenters. The van der Waals surface area contributed by atoms with Crippen LogP contribution in [0.2, 0.25) is 0 Å². The second kappa shape index (κ2) is 7.14. The number of carbonyl (C=O) groups is 1. The summed E-state index contributed by atoms with van der Waals surface area (Å²) in [4.78, 5) is 14.1. The van der Waals surface area contributed by atoms with Crippen LogP contribution in [0.25, 0.3) is 0 Å². The van der Waals surface area contributed by atoms with E-state index in [9.17, 15) is 4.79 Å². The molecule has 2 rings (SSSR count). The van der Waals surface area contributed by atoms with Gasteiger partial charge in [0.05, 0.1) is 6.04 Å². The molecule has 1 aliphatic heterocycles. The van der Waals surface area contributed by atoms with Crippen LogP contribution in [0.4, 0.5) is 5.69 Å². The first-order chi connectivity index (χ1) is 9.27. The van der Waals surface area contributed by atoms with Crippen molar-refractivity contribution in [3.05, 3.63) is 30.3 Å². The van der Waals surface area contributed by atoms with Crippen LogP contribution in [0.15, 0.2) is 30.3 Å². The fourth-order valence-corrected chi connectivity index (χ4v) is 2.36. The molecule has 4 nitrogen and oxygen atoms in total. The van der Waals surface area contributed by atoms with Crippen molar-refractivity contribution in [2.45, 2.75) is 25.3 Å². The van der Waals surface area contributed by atoms with Crippen molar-refractivity contribution in [1.82, 2.24) is 10.6 Å². The highest BCUT2D eigenvalue weighted by Gasteiger charge is 2.19. The topological polar surface area (TPSA) is 44.4 Å². The standard InChI is InChI=1S/C15H23N3O/c1-18(13-7-3-2-4-8-13)12-11-17-15(19)14-9-5-6-10-16-14/h2-4,7-8,14,16H,5-6,9-12H2,1H3,(H,17,19)/t14-/m1/s1. The molecule has 0 spiro atoms. The molecule has 104 valence electrons. The number of piperidine rings is 1. The minimum Gasteiger partial charge on any atom is -0.373 e. The SMILES string of the molecule is CN(CCNC(=O)[C@H]1CCCCN1)c1ccccc1. The molecule has 1 aliphatic rings. The van der Waals surface area contributed by atoms with Crippen molar-refractivity contribution in [3.63, 3.8) is 0 Å². The zero-order valence-corrected chi connectivity index (χ0v) is 11.6. The Morgan fingerprint density at radius 2 is 2.16 bits per heavy atom. The number of para-hydroxylation sites is 1. The third kappa shape index (κ3) is 4.24. The van der Waals surface area contributed by atoms with Gasteiger partial charge in [-0.15, -0.1) is 0 Å². The molecule has 0 bridgehead atoms. The largest absolute Gasteiger partial charge is 0.373 e. The van der Waals surface area contributed by atoms with Crippen LogP contribution in [0, 0.1) is 0 Å². The van der Waals surface area contributed by atoms with E-state index in [2.05, 4.69) is 27.7 Å². The van der Waals surface area contributed by atoms with E-state index in [1.807, 2.05) is 25.2 Å². The Bertz CT molecular complexity index is 388. The summed E-state index contributed by atoms with van der Waals surface area (Å²) in [6, 6.07) is 10.2. The Labute approximate surface area is 115 Å². The maximum absolute atomic E-state index is 11.9. The van der Waals surface area contributed by atoms with Crippen molar-refractivity contribution < 1.29 is 4.79 Å². The third-order valence-electron chi connectivity index (χ3n) is 3.57. The number of hydrogen-bond donors (Lipinski definition) is 2. The summed E-state index contributed by atoms with van der Waals surface area (Å²) in [5.74, 6) is 0.140. The normalized spacial score (nSPS) is 18.9. The fraction of sp³-hybridized carbons (Fsp3) is 0.533. The molecule has 0 aliphatic carbocycles. The molecule has 1 heterocycles. The first-order valence-corrected chi connectivity index (χ1v) is 7.04. The molecule has 19 heavy (non-hydrogen) atoms. The summed E-state index contributed by atoms with van der Waals surface area (Å²) < 4.78 is 0. The van der Waals surface area contributed by atoms with Gasteiger partial charge in [-0.05, 0) is 31.5 Å². The minimum absolute atomic E-state index is 0.00998. The van der Waals surface area contributed by atoms with Gasteiger partial charge < -0.3 is 15.5 Å². The van der Waals surface area contributed by atoms with E-state index in [0.717, 1.165) is 25.9 Å². The summed E-state index contributed by atoms with van der Waals surface area (Å²) in [7, 11) is 2.04.